The summed E-state index contributed by atoms with van der Waals surface area (Å²) in [5.41, 5.74) is 0.698. The summed E-state index contributed by atoms with van der Waals surface area (Å²) in [5.74, 6) is -0.124. The topological polar surface area (TPSA) is 59.8 Å². The summed E-state index contributed by atoms with van der Waals surface area (Å²) in [7, 11) is 0. The molecule has 2 aromatic rings. The van der Waals surface area contributed by atoms with Crippen LogP contribution in [0.1, 0.15) is 53.1 Å². The Bertz CT molecular complexity index is 857. The third-order valence-electron chi connectivity index (χ3n) is 5.10. The second-order valence-electron chi connectivity index (χ2n) is 7.33. The maximum atomic E-state index is 13.1. The van der Waals surface area contributed by atoms with E-state index in [1.54, 1.807) is 19.9 Å². The number of aromatic nitrogens is 3. The monoisotopic (exact) mass is 414 g/mol. The number of carbonyl (C=O) groups excluding carboxylic acids is 1. The van der Waals surface area contributed by atoms with Gasteiger partial charge in [-0.15, -0.1) is 0 Å². The number of pyridine rings is 1. The molecule has 0 bridgehead atoms. The average Bonchev–Trinajstić information content (AvgIpc) is 2.99. The van der Waals surface area contributed by atoms with Crippen molar-refractivity contribution in [2.75, 3.05) is 0 Å². The number of carbonyl (C=O) groups is 1. The van der Waals surface area contributed by atoms with Gasteiger partial charge in [0.15, 0.2) is 0 Å². The Morgan fingerprint density at radius 2 is 1.93 bits per heavy atom. The van der Waals surface area contributed by atoms with Crippen molar-refractivity contribution in [2.24, 2.45) is 5.92 Å². The van der Waals surface area contributed by atoms with E-state index in [4.69, 9.17) is 11.6 Å². The molecule has 1 aliphatic carbocycles. The third-order valence-corrected chi connectivity index (χ3v) is 5.31. The second-order valence-corrected chi connectivity index (χ2v) is 7.76. The standard InChI is InChI=1S/C19H22ClF3N4O/c1-11-7-17(19(21,22)23)27(26-11)10-13-3-5-15(6-4-13)25-18(28)16-8-14(20)9-24-12(16)2/h7-9,13,15H,3-6,10H2,1-2H3,(H,25,28). The molecule has 9 heteroatoms. The number of hydrogen-bond acceptors (Lipinski definition) is 3. The van der Waals surface area contributed by atoms with Crippen molar-refractivity contribution in [3.63, 3.8) is 0 Å². The Balaban J connectivity index is 1.57. The minimum absolute atomic E-state index is 0.0106. The zero-order valence-corrected chi connectivity index (χ0v) is 16.4. The highest BCUT2D eigenvalue weighted by Gasteiger charge is 2.36. The van der Waals surface area contributed by atoms with Gasteiger partial charge in [0.25, 0.3) is 5.91 Å². The van der Waals surface area contributed by atoms with E-state index in [1.165, 1.54) is 6.20 Å². The minimum atomic E-state index is -4.41. The maximum absolute atomic E-state index is 13.1. The lowest BCUT2D eigenvalue weighted by Gasteiger charge is -2.29. The van der Waals surface area contributed by atoms with Crippen molar-refractivity contribution >= 4 is 17.5 Å². The normalized spacial score (nSPS) is 20.2. The van der Waals surface area contributed by atoms with Crippen LogP contribution in [0.3, 0.4) is 0 Å². The highest BCUT2D eigenvalue weighted by molar-refractivity contribution is 6.30. The van der Waals surface area contributed by atoms with Crippen molar-refractivity contribution in [3.8, 4) is 0 Å². The fourth-order valence-corrected chi connectivity index (χ4v) is 3.81. The molecule has 0 radical (unpaired) electrons. The molecule has 1 fully saturated rings. The third kappa shape index (κ3) is 4.84. The quantitative estimate of drug-likeness (QED) is 0.798. The number of halogens is 4. The van der Waals surface area contributed by atoms with Gasteiger partial charge in [-0.3, -0.25) is 14.5 Å². The van der Waals surface area contributed by atoms with Crippen LogP contribution in [0, 0.1) is 19.8 Å². The summed E-state index contributed by atoms with van der Waals surface area (Å²) in [4.78, 5) is 16.6. The Morgan fingerprint density at radius 3 is 2.57 bits per heavy atom. The molecular formula is C19H22ClF3N4O. The van der Waals surface area contributed by atoms with E-state index in [-0.39, 0.29) is 24.4 Å². The molecule has 0 atom stereocenters. The number of nitrogens with one attached hydrogen (secondary N) is 1. The van der Waals surface area contributed by atoms with Crippen LogP contribution in [0.25, 0.3) is 0 Å². The van der Waals surface area contributed by atoms with E-state index in [9.17, 15) is 18.0 Å². The smallest absolute Gasteiger partial charge is 0.349 e. The highest BCUT2D eigenvalue weighted by Crippen LogP contribution is 2.32. The first kappa shape index (κ1) is 20.6. The van der Waals surface area contributed by atoms with E-state index in [2.05, 4.69) is 15.4 Å². The lowest BCUT2D eigenvalue weighted by atomic mass is 9.86. The number of hydrogen-bond donors (Lipinski definition) is 1. The molecule has 2 heterocycles. The van der Waals surface area contributed by atoms with Crippen LogP contribution < -0.4 is 5.32 Å². The fraction of sp³-hybridized carbons (Fsp3) is 0.526. The Kier molecular flexibility index (Phi) is 5.98. The average molecular weight is 415 g/mol. The zero-order chi connectivity index (χ0) is 20.5. The molecule has 2 aromatic heterocycles. The lowest BCUT2D eigenvalue weighted by molar-refractivity contribution is -0.144. The Labute approximate surface area is 166 Å². The molecular weight excluding hydrogens is 393 g/mol. The van der Waals surface area contributed by atoms with Crippen molar-refractivity contribution in [1.29, 1.82) is 0 Å². The molecule has 0 unspecified atom stereocenters. The van der Waals surface area contributed by atoms with E-state index < -0.39 is 11.9 Å². The fourth-order valence-electron chi connectivity index (χ4n) is 3.65. The first-order valence-electron chi connectivity index (χ1n) is 9.18. The van der Waals surface area contributed by atoms with Gasteiger partial charge in [-0.25, -0.2) is 0 Å². The Hall–Kier alpha value is -2.09. The van der Waals surface area contributed by atoms with Gasteiger partial charge in [0.2, 0.25) is 0 Å². The van der Waals surface area contributed by atoms with Gasteiger partial charge in [-0.05, 0) is 57.6 Å². The molecule has 3 rings (SSSR count). The number of alkyl halides is 3. The lowest BCUT2D eigenvalue weighted by Crippen LogP contribution is -2.38. The molecule has 1 saturated carbocycles. The molecule has 1 aliphatic rings. The van der Waals surface area contributed by atoms with Crippen LogP contribution in [-0.2, 0) is 12.7 Å². The van der Waals surface area contributed by atoms with Gasteiger partial charge in [0.1, 0.15) is 5.69 Å². The SMILES string of the molecule is Cc1cc(C(F)(F)F)n(CC2CCC(NC(=O)c3cc(Cl)cnc3C)CC2)n1. The molecule has 0 aromatic carbocycles. The Morgan fingerprint density at radius 1 is 1.25 bits per heavy atom. The predicted molar refractivity (Wildman–Crippen MR) is 99.2 cm³/mol. The zero-order valence-electron chi connectivity index (χ0n) is 15.7. The first-order valence-corrected chi connectivity index (χ1v) is 9.56. The van der Waals surface area contributed by atoms with Gasteiger partial charge >= 0.3 is 6.18 Å². The summed E-state index contributed by atoms with van der Waals surface area (Å²) in [6.07, 6.45) is -0.0294. The van der Waals surface area contributed by atoms with Crippen molar-refractivity contribution < 1.29 is 18.0 Å². The van der Waals surface area contributed by atoms with E-state index in [1.807, 2.05) is 0 Å². The first-order chi connectivity index (χ1) is 13.1. The van der Waals surface area contributed by atoms with Gasteiger partial charge in [-0.1, -0.05) is 11.6 Å². The van der Waals surface area contributed by atoms with Crippen molar-refractivity contribution in [3.05, 3.63) is 46.0 Å². The molecule has 1 amide bonds. The largest absolute Gasteiger partial charge is 0.433 e. The molecule has 28 heavy (non-hydrogen) atoms. The number of nitrogens with zero attached hydrogens (tertiary/aromatic N) is 3. The van der Waals surface area contributed by atoms with Crippen LogP contribution in [0.2, 0.25) is 5.02 Å². The molecule has 5 nitrogen and oxygen atoms in total. The van der Waals surface area contributed by atoms with Gasteiger partial charge in [-0.2, -0.15) is 18.3 Å². The van der Waals surface area contributed by atoms with Crippen LogP contribution in [-0.4, -0.2) is 26.7 Å². The summed E-state index contributed by atoms with van der Waals surface area (Å²) < 4.78 is 40.4. The second kappa shape index (κ2) is 8.11. The number of aryl methyl sites for hydroxylation is 2. The van der Waals surface area contributed by atoms with Crippen molar-refractivity contribution in [2.45, 2.75) is 58.3 Å². The molecule has 1 N–H and O–H groups in total. The summed E-state index contributed by atoms with van der Waals surface area (Å²) in [6, 6.07) is 2.65. The predicted octanol–water partition coefficient (Wildman–Crippen LogP) is 4.56. The van der Waals surface area contributed by atoms with E-state index >= 15 is 0 Å². The summed E-state index contributed by atoms with van der Waals surface area (Å²) in [5, 5.41) is 7.39. The summed E-state index contributed by atoms with van der Waals surface area (Å²) in [6.45, 7) is 3.54. The van der Waals surface area contributed by atoms with Crippen LogP contribution >= 0.6 is 11.6 Å². The van der Waals surface area contributed by atoms with E-state index in [0.29, 0.717) is 34.8 Å². The number of rotatable bonds is 4. The highest BCUT2D eigenvalue weighted by atomic mass is 35.5. The molecule has 0 aliphatic heterocycles. The molecule has 152 valence electrons. The van der Waals surface area contributed by atoms with Gasteiger partial charge in [0.05, 0.1) is 22.0 Å². The van der Waals surface area contributed by atoms with Crippen LogP contribution in [0.5, 0.6) is 0 Å². The minimum Gasteiger partial charge on any atom is -0.349 e. The number of amides is 1. The maximum Gasteiger partial charge on any atom is 0.433 e. The van der Waals surface area contributed by atoms with Crippen LogP contribution in [0.4, 0.5) is 13.2 Å². The van der Waals surface area contributed by atoms with Crippen molar-refractivity contribution in [1.82, 2.24) is 20.1 Å². The summed E-state index contributed by atoms with van der Waals surface area (Å²) >= 11 is 5.92. The van der Waals surface area contributed by atoms with Gasteiger partial charge < -0.3 is 5.32 Å². The molecule has 0 saturated heterocycles. The van der Waals surface area contributed by atoms with Crippen LogP contribution in [0.15, 0.2) is 18.3 Å². The molecule has 0 spiro atoms. The van der Waals surface area contributed by atoms with E-state index in [0.717, 1.165) is 23.6 Å². The van der Waals surface area contributed by atoms with Gasteiger partial charge in [0, 0.05) is 18.8 Å².